The Hall–Kier alpha value is -3.00. The van der Waals surface area contributed by atoms with E-state index in [1.165, 1.54) is 29.5 Å². The molecule has 4 rings (SSSR count). The highest BCUT2D eigenvalue weighted by Crippen LogP contribution is 2.23. The van der Waals surface area contributed by atoms with Crippen molar-refractivity contribution in [2.75, 3.05) is 36.4 Å². The summed E-state index contributed by atoms with van der Waals surface area (Å²) < 4.78 is 26.9. The summed E-state index contributed by atoms with van der Waals surface area (Å²) in [7, 11) is 0. The van der Waals surface area contributed by atoms with E-state index < -0.39 is 0 Å². The summed E-state index contributed by atoms with van der Waals surface area (Å²) >= 11 is 1.40. The molecule has 0 atom stereocenters. The van der Waals surface area contributed by atoms with E-state index in [0.717, 1.165) is 5.69 Å². The number of carbonyl (C=O) groups is 1. The van der Waals surface area contributed by atoms with Gasteiger partial charge in [0.15, 0.2) is 5.13 Å². The van der Waals surface area contributed by atoms with Gasteiger partial charge in [-0.1, -0.05) is 12.1 Å². The molecule has 1 amide bonds. The van der Waals surface area contributed by atoms with Crippen molar-refractivity contribution in [2.24, 2.45) is 0 Å². The molecule has 0 unspecified atom stereocenters. The zero-order valence-corrected chi connectivity index (χ0v) is 16.5. The van der Waals surface area contributed by atoms with Gasteiger partial charge in [-0.3, -0.25) is 4.79 Å². The van der Waals surface area contributed by atoms with Crippen molar-refractivity contribution < 1.29 is 13.6 Å². The van der Waals surface area contributed by atoms with Crippen LogP contribution in [0, 0.1) is 11.6 Å². The van der Waals surface area contributed by atoms with Crippen LogP contribution in [-0.2, 0) is 11.2 Å². The van der Waals surface area contributed by atoms with Gasteiger partial charge in [0.2, 0.25) is 5.91 Å². The van der Waals surface area contributed by atoms with Gasteiger partial charge in [-0.2, -0.15) is 0 Å². The Bertz CT molecular complexity index is 984. The Morgan fingerprint density at radius 2 is 1.76 bits per heavy atom. The average Bonchev–Trinajstić information content (AvgIpc) is 3.17. The predicted octanol–water partition coefficient (Wildman–Crippen LogP) is 4.06. The number of thiazole rings is 1. The van der Waals surface area contributed by atoms with Crippen molar-refractivity contribution in [2.45, 2.75) is 6.42 Å². The minimum absolute atomic E-state index is 0.0109. The highest BCUT2D eigenvalue weighted by Gasteiger charge is 2.23. The second-order valence-electron chi connectivity index (χ2n) is 6.77. The number of nitrogens with one attached hydrogen (secondary N) is 1. The standard InChI is InChI=1S/C21H20F2N4OS/c22-15-5-7-16(8-6-15)24-21-25-17(14-29-21)13-20(28)27-11-9-26(10-12-27)19-4-2-1-3-18(19)23/h1-8,14H,9-13H2,(H,24,25). The molecule has 3 aromatic rings. The normalized spacial score (nSPS) is 14.1. The van der Waals surface area contributed by atoms with Gasteiger partial charge in [0.1, 0.15) is 11.6 Å². The Morgan fingerprint density at radius 3 is 2.48 bits per heavy atom. The van der Waals surface area contributed by atoms with E-state index >= 15 is 0 Å². The molecule has 5 nitrogen and oxygen atoms in total. The molecule has 1 N–H and O–H groups in total. The van der Waals surface area contributed by atoms with Gasteiger partial charge in [-0.05, 0) is 36.4 Å². The van der Waals surface area contributed by atoms with Crippen molar-refractivity contribution in [3.05, 3.63) is 71.2 Å². The van der Waals surface area contributed by atoms with Crippen LogP contribution >= 0.6 is 11.3 Å². The number of hydrogen-bond donors (Lipinski definition) is 1. The van der Waals surface area contributed by atoms with Gasteiger partial charge < -0.3 is 15.1 Å². The molecule has 8 heteroatoms. The molecule has 0 aliphatic carbocycles. The number of carbonyl (C=O) groups excluding carboxylic acids is 1. The maximum Gasteiger partial charge on any atom is 0.228 e. The summed E-state index contributed by atoms with van der Waals surface area (Å²) in [6.45, 7) is 2.30. The van der Waals surface area contributed by atoms with Crippen LogP contribution in [0.2, 0.25) is 0 Å². The van der Waals surface area contributed by atoms with Crippen LogP contribution in [0.1, 0.15) is 5.69 Å². The topological polar surface area (TPSA) is 48.5 Å². The lowest BCUT2D eigenvalue weighted by atomic mass is 10.2. The highest BCUT2D eigenvalue weighted by molar-refractivity contribution is 7.13. The molecule has 0 radical (unpaired) electrons. The lowest BCUT2D eigenvalue weighted by molar-refractivity contribution is -0.130. The van der Waals surface area contributed by atoms with Crippen LogP contribution in [0.25, 0.3) is 0 Å². The monoisotopic (exact) mass is 414 g/mol. The molecule has 0 bridgehead atoms. The van der Waals surface area contributed by atoms with Crippen LogP contribution in [0.15, 0.2) is 53.9 Å². The Kier molecular flexibility index (Phi) is 5.71. The summed E-state index contributed by atoms with van der Waals surface area (Å²) in [5.41, 5.74) is 2.01. The first-order valence-corrected chi connectivity index (χ1v) is 10.2. The third-order valence-electron chi connectivity index (χ3n) is 4.81. The maximum absolute atomic E-state index is 13.9. The zero-order chi connectivity index (χ0) is 20.2. The first-order chi connectivity index (χ1) is 14.1. The fraction of sp³-hybridized carbons (Fsp3) is 0.238. The van der Waals surface area contributed by atoms with E-state index in [0.29, 0.717) is 42.7 Å². The fourth-order valence-electron chi connectivity index (χ4n) is 3.27. The molecule has 1 aliphatic heterocycles. The van der Waals surface area contributed by atoms with E-state index in [1.54, 1.807) is 29.2 Å². The molecule has 1 aromatic heterocycles. The largest absolute Gasteiger partial charge is 0.366 e. The fourth-order valence-corrected chi connectivity index (χ4v) is 4.00. The van der Waals surface area contributed by atoms with E-state index in [4.69, 9.17) is 0 Å². The summed E-state index contributed by atoms with van der Waals surface area (Å²) in [6.07, 6.45) is 0.224. The molecular formula is C21H20F2N4OS. The molecule has 2 heterocycles. The van der Waals surface area contributed by atoms with E-state index in [9.17, 15) is 13.6 Å². The number of anilines is 3. The number of benzene rings is 2. The molecule has 1 aliphatic rings. The zero-order valence-electron chi connectivity index (χ0n) is 15.6. The number of nitrogens with zero attached hydrogens (tertiary/aromatic N) is 3. The number of amides is 1. The number of piperazine rings is 1. The smallest absolute Gasteiger partial charge is 0.228 e. The third kappa shape index (κ3) is 4.71. The van der Waals surface area contributed by atoms with Crippen molar-refractivity contribution in [3.63, 3.8) is 0 Å². The molecule has 1 fully saturated rings. The maximum atomic E-state index is 13.9. The van der Waals surface area contributed by atoms with Gasteiger partial charge in [-0.25, -0.2) is 13.8 Å². The van der Waals surface area contributed by atoms with Gasteiger partial charge >= 0.3 is 0 Å². The number of hydrogen-bond acceptors (Lipinski definition) is 5. The van der Waals surface area contributed by atoms with Crippen LogP contribution in [0.3, 0.4) is 0 Å². The van der Waals surface area contributed by atoms with Crippen molar-refractivity contribution >= 4 is 33.8 Å². The molecular weight excluding hydrogens is 394 g/mol. The number of para-hydroxylation sites is 1. The molecule has 29 heavy (non-hydrogen) atoms. The minimum atomic E-state index is -0.295. The van der Waals surface area contributed by atoms with Gasteiger partial charge in [0.25, 0.3) is 0 Å². The van der Waals surface area contributed by atoms with Gasteiger partial charge in [-0.15, -0.1) is 11.3 Å². The summed E-state index contributed by atoms with van der Waals surface area (Å²) in [5.74, 6) is -0.524. The lowest BCUT2D eigenvalue weighted by Crippen LogP contribution is -2.49. The van der Waals surface area contributed by atoms with Crippen molar-refractivity contribution in [3.8, 4) is 0 Å². The highest BCUT2D eigenvalue weighted by atomic mass is 32.1. The number of rotatable bonds is 5. The second-order valence-corrected chi connectivity index (χ2v) is 7.63. The van der Waals surface area contributed by atoms with E-state index in [-0.39, 0.29) is 24.0 Å². The molecule has 0 spiro atoms. The summed E-state index contributed by atoms with van der Waals surface area (Å²) in [5, 5.41) is 5.61. The van der Waals surface area contributed by atoms with E-state index in [1.807, 2.05) is 16.3 Å². The van der Waals surface area contributed by atoms with Crippen LogP contribution in [-0.4, -0.2) is 42.0 Å². The van der Waals surface area contributed by atoms with Crippen LogP contribution < -0.4 is 10.2 Å². The Labute approximate surface area is 171 Å². The Balaban J connectivity index is 1.31. The second kappa shape index (κ2) is 8.57. The quantitative estimate of drug-likeness (QED) is 0.684. The predicted molar refractivity (Wildman–Crippen MR) is 111 cm³/mol. The molecule has 150 valence electrons. The number of aromatic nitrogens is 1. The SMILES string of the molecule is O=C(Cc1csc(Nc2ccc(F)cc2)n1)N1CCN(c2ccccc2F)CC1. The third-order valence-corrected chi connectivity index (χ3v) is 5.61. The molecule has 1 saturated heterocycles. The first-order valence-electron chi connectivity index (χ1n) is 9.33. The van der Waals surface area contributed by atoms with Crippen LogP contribution in [0.5, 0.6) is 0 Å². The molecule has 0 saturated carbocycles. The average molecular weight is 414 g/mol. The lowest BCUT2D eigenvalue weighted by Gasteiger charge is -2.36. The summed E-state index contributed by atoms with van der Waals surface area (Å²) in [4.78, 5) is 20.8. The summed E-state index contributed by atoms with van der Waals surface area (Å²) in [6, 6.07) is 12.7. The first kappa shape index (κ1) is 19.3. The van der Waals surface area contributed by atoms with Gasteiger partial charge in [0, 0.05) is 37.2 Å². The number of halogens is 2. The van der Waals surface area contributed by atoms with Crippen LogP contribution in [0.4, 0.5) is 25.3 Å². The molecule has 2 aromatic carbocycles. The van der Waals surface area contributed by atoms with Crippen molar-refractivity contribution in [1.82, 2.24) is 9.88 Å². The Morgan fingerprint density at radius 1 is 1.03 bits per heavy atom. The van der Waals surface area contributed by atoms with E-state index in [2.05, 4.69) is 10.3 Å². The minimum Gasteiger partial charge on any atom is -0.366 e. The van der Waals surface area contributed by atoms with Crippen molar-refractivity contribution in [1.29, 1.82) is 0 Å². The van der Waals surface area contributed by atoms with Gasteiger partial charge in [0.05, 0.1) is 17.8 Å².